The van der Waals surface area contributed by atoms with E-state index in [0.29, 0.717) is 25.3 Å². The molecule has 0 heterocycles. The lowest BCUT2D eigenvalue weighted by atomic mass is 10.1. The second-order valence-electron chi connectivity index (χ2n) is 6.93. The van der Waals surface area contributed by atoms with E-state index in [0.717, 1.165) is 42.4 Å². The third-order valence-electron chi connectivity index (χ3n) is 4.67. The number of carbonyl (C=O) groups is 1. The van der Waals surface area contributed by atoms with Crippen molar-refractivity contribution in [3.05, 3.63) is 59.2 Å². The van der Waals surface area contributed by atoms with Crippen LogP contribution in [0.4, 0.5) is 0 Å². The fraction of sp³-hybridized carbons (Fsp3) is 0.417. The van der Waals surface area contributed by atoms with Gasteiger partial charge in [0.25, 0.3) is 5.91 Å². The zero-order valence-corrected chi connectivity index (χ0v) is 21.7. The highest BCUT2D eigenvalue weighted by molar-refractivity contribution is 14.0. The molecule has 0 aliphatic carbocycles. The predicted octanol–water partition coefficient (Wildman–Crippen LogP) is 3.76. The minimum absolute atomic E-state index is 0. The molecule has 8 heteroatoms. The van der Waals surface area contributed by atoms with Crippen LogP contribution in [-0.2, 0) is 13.0 Å². The van der Waals surface area contributed by atoms with Crippen molar-refractivity contribution in [2.45, 2.75) is 33.2 Å². The molecule has 2 aromatic rings. The molecule has 0 fully saturated rings. The molecule has 1 amide bonds. The average molecular weight is 554 g/mol. The molecule has 0 aliphatic rings. The number of halogens is 1. The van der Waals surface area contributed by atoms with Gasteiger partial charge in [-0.1, -0.05) is 18.2 Å². The highest BCUT2D eigenvalue weighted by Gasteiger charge is 2.07. The Bertz CT molecular complexity index is 874. The van der Waals surface area contributed by atoms with E-state index in [9.17, 15) is 4.79 Å². The number of nitrogens with one attached hydrogen (secondary N) is 3. The maximum atomic E-state index is 12.0. The van der Waals surface area contributed by atoms with E-state index in [1.807, 2.05) is 50.2 Å². The summed E-state index contributed by atoms with van der Waals surface area (Å²) in [6, 6.07) is 13.6. The number of amides is 1. The second kappa shape index (κ2) is 15.3. The van der Waals surface area contributed by atoms with Crippen LogP contribution < -0.4 is 25.4 Å². The van der Waals surface area contributed by atoms with Crippen LogP contribution in [0.3, 0.4) is 0 Å². The lowest BCUT2D eigenvalue weighted by Gasteiger charge is -2.13. The van der Waals surface area contributed by atoms with Gasteiger partial charge in [0.1, 0.15) is 0 Å². The summed E-state index contributed by atoms with van der Waals surface area (Å²) < 4.78 is 11.0. The van der Waals surface area contributed by atoms with Crippen LogP contribution in [0.2, 0.25) is 0 Å². The highest BCUT2D eigenvalue weighted by atomic mass is 127. The number of ether oxygens (including phenoxy) is 2. The molecular weight excluding hydrogens is 519 g/mol. The molecule has 0 saturated carbocycles. The maximum absolute atomic E-state index is 12.0. The van der Waals surface area contributed by atoms with E-state index < -0.39 is 0 Å². The number of carbonyl (C=O) groups excluding carboxylic acids is 1. The topological polar surface area (TPSA) is 84.0 Å². The highest BCUT2D eigenvalue weighted by Crippen LogP contribution is 2.28. The first kappa shape index (κ1) is 27.5. The quantitative estimate of drug-likeness (QED) is 0.171. The van der Waals surface area contributed by atoms with Crippen LogP contribution in [0.15, 0.2) is 47.5 Å². The summed E-state index contributed by atoms with van der Waals surface area (Å²) in [5.41, 5.74) is 2.89. The van der Waals surface area contributed by atoms with E-state index in [-0.39, 0.29) is 29.9 Å². The van der Waals surface area contributed by atoms with Gasteiger partial charge in [0, 0.05) is 32.2 Å². The van der Waals surface area contributed by atoms with Gasteiger partial charge in [-0.3, -0.25) is 9.79 Å². The van der Waals surface area contributed by atoms with Crippen LogP contribution in [0.5, 0.6) is 11.5 Å². The van der Waals surface area contributed by atoms with Crippen LogP contribution in [0.1, 0.15) is 41.8 Å². The Morgan fingerprint density at radius 3 is 2.50 bits per heavy atom. The maximum Gasteiger partial charge on any atom is 0.251 e. The summed E-state index contributed by atoms with van der Waals surface area (Å²) in [4.78, 5) is 16.3. The summed E-state index contributed by atoms with van der Waals surface area (Å²) in [7, 11) is 3.40. The number of benzene rings is 2. The number of guanidine groups is 1. The van der Waals surface area contributed by atoms with Crippen molar-refractivity contribution in [2.75, 3.05) is 33.9 Å². The molecule has 0 aliphatic heterocycles. The number of methoxy groups -OCH3 is 1. The molecule has 2 rings (SSSR count). The van der Waals surface area contributed by atoms with Crippen molar-refractivity contribution in [1.29, 1.82) is 0 Å². The van der Waals surface area contributed by atoms with Crippen molar-refractivity contribution in [3.8, 4) is 11.5 Å². The minimum Gasteiger partial charge on any atom is -0.493 e. The monoisotopic (exact) mass is 554 g/mol. The summed E-state index contributed by atoms with van der Waals surface area (Å²) in [6.07, 6.45) is 1.87. The number of aliphatic imine (C=N–C) groups is 1. The normalized spacial score (nSPS) is 10.7. The Morgan fingerprint density at radius 2 is 1.81 bits per heavy atom. The third-order valence-corrected chi connectivity index (χ3v) is 4.67. The fourth-order valence-electron chi connectivity index (χ4n) is 3.14. The van der Waals surface area contributed by atoms with E-state index in [2.05, 4.69) is 27.0 Å². The minimum atomic E-state index is -0.0575. The summed E-state index contributed by atoms with van der Waals surface area (Å²) >= 11 is 0. The van der Waals surface area contributed by atoms with Gasteiger partial charge >= 0.3 is 0 Å². The van der Waals surface area contributed by atoms with Gasteiger partial charge in [0.2, 0.25) is 0 Å². The third kappa shape index (κ3) is 8.94. The van der Waals surface area contributed by atoms with Gasteiger partial charge in [-0.25, -0.2) is 0 Å². The van der Waals surface area contributed by atoms with Crippen molar-refractivity contribution >= 4 is 35.8 Å². The van der Waals surface area contributed by atoms with Gasteiger partial charge in [0.05, 0.1) is 13.7 Å². The average Bonchev–Trinajstić information content (AvgIpc) is 2.79. The van der Waals surface area contributed by atoms with Crippen molar-refractivity contribution in [3.63, 3.8) is 0 Å². The van der Waals surface area contributed by atoms with Crippen LogP contribution >= 0.6 is 24.0 Å². The molecule has 0 bridgehead atoms. The fourth-order valence-corrected chi connectivity index (χ4v) is 3.14. The number of nitrogens with zero attached hydrogens (tertiary/aromatic N) is 1. The van der Waals surface area contributed by atoms with E-state index in [4.69, 9.17) is 9.47 Å². The smallest absolute Gasteiger partial charge is 0.251 e. The summed E-state index contributed by atoms with van der Waals surface area (Å²) in [5.74, 6) is 2.21. The number of hydrogen-bond donors (Lipinski definition) is 3. The Kier molecular flexibility index (Phi) is 13.2. The molecule has 32 heavy (non-hydrogen) atoms. The Labute approximate surface area is 208 Å². The summed E-state index contributed by atoms with van der Waals surface area (Å²) in [5, 5.41) is 9.45. The molecule has 0 aromatic heterocycles. The van der Waals surface area contributed by atoms with Gasteiger partial charge < -0.3 is 25.4 Å². The first-order valence-electron chi connectivity index (χ1n) is 10.7. The van der Waals surface area contributed by atoms with Gasteiger partial charge in [-0.05, 0) is 62.1 Å². The van der Waals surface area contributed by atoms with Crippen molar-refractivity contribution in [2.24, 2.45) is 4.99 Å². The van der Waals surface area contributed by atoms with Crippen molar-refractivity contribution < 1.29 is 14.3 Å². The summed E-state index contributed by atoms with van der Waals surface area (Å²) in [6.45, 7) is 6.46. The van der Waals surface area contributed by atoms with Gasteiger partial charge in [-0.15, -0.1) is 24.0 Å². The van der Waals surface area contributed by atoms with Gasteiger partial charge in [-0.2, -0.15) is 0 Å². The van der Waals surface area contributed by atoms with Crippen LogP contribution in [-0.4, -0.2) is 45.7 Å². The first-order valence-corrected chi connectivity index (χ1v) is 10.7. The molecule has 3 N–H and O–H groups in total. The van der Waals surface area contributed by atoms with Crippen molar-refractivity contribution in [1.82, 2.24) is 16.0 Å². The molecule has 0 unspecified atom stereocenters. The largest absolute Gasteiger partial charge is 0.493 e. The SMILES string of the molecule is CCNC(=O)c1cccc(CNC(=NC)NCCCc2ccc(OC)c(OCC)c2)c1.I. The van der Waals surface area contributed by atoms with Crippen LogP contribution in [0, 0.1) is 0 Å². The Hall–Kier alpha value is -2.49. The molecule has 0 saturated heterocycles. The molecular formula is C24H35IN4O3. The molecule has 0 atom stereocenters. The number of rotatable bonds is 11. The predicted molar refractivity (Wildman–Crippen MR) is 141 cm³/mol. The first-order chi connectivity index (χ1) is 15.1. The van der Waals surface area contributed by atoms with E-state index >= 15 is 0 Å². The molecule has 7 nitrogen and oxygen atoms in total. The standard InChI is InChI=1S/C24H34N4O3.HI/c1-5-26-23(29)20-11-7-9-19(15-20)17-28-24(25-3)27-14-8-10-18-12-13-21(30-4)22(16-18)31-6-2;/h7,9,11-13,15-16H,5-6,8,10,14,17H2,1-4H3,(H,26,29)(H2,25,27,28);1H. The molecule has 2 aromatic carbocycles. The Balaban J connectivity index is 0.00000512. The van der Waals surface area contributed by atoms with Crippen LogP contribution in [0.25, 0.3) is 0 Å². The Morgan fingerprint density at radius 1 is 1.00 bits per heavy atom. The molecule has 0 spiro atoms. The lowest BCUT2D eigenvalue weighted by molar-refractivity contribution is 0.0955. The van der Waals surface area contributed by atoms with E-state index in [1.54, 1.807) is 14.2 Å². The number of hydrogen-bond acceptors (Lipinski definition) is 4. The zero-order valence-electron chi connectivity index (χ0n) is 19.4. The second-order valence-corrected chi connectivity index (χ2v) is 6.93. The van der Waals surface area contributed by atoms with E-state index in [1.165, 1.54) is 5.56 Å². The molecule has 176 valence electrons. The zero-order chi connectivity index (χ0) is 22.5. The lowest BCUT2D eigenvalue weighted by Crippen LogP contribution is -2.37. The molecule has 0 radical (unpaired) electrons. The van der Waals surface area contributed by atoms with Gasteiger partial charge in [0.15, 0.2) is 17.5 Å². The number of aryl methyl sites for hydroxylation is 1.